The molecule has 0 nitrogen and oxygen atoms in total. The molecule has 0 unspecified atom stereocenters. The van der Waals surface area contributed by atoms with Gasteiger partial charge in [-0.05, 0) is 0 Å². The summed E-state index contributed by atoms with van der Waals surface area (Å²) in [6.07, 6.45) is 15.8. The van der Waals surface area contributed by atoms with Crippen LogP contribution in [-0.4, -0.2) is 5.49 Å². The maximum atomic E-state index is 1.62. The van der Waals surface area contributed by atoms with Gasteiger partial charge in [0.25, 0.3) is 0 Å². The first-order chi connectivity index (χ1) is 6.88. The first-order valence-corrected chi connectivity index (χ1v) is 13.5. The Morgan fingerprint density at radius 3 is 1.36 bits per heavy atom. The first-order valence-electron chi connectivity index (χ1n) is 6.46. The summed E-state index contributed by atoms with van der Waals surface area (Å²) in [5.41, 5.74) is 2.65. The SMILES string of the molecule is [Hf+2]=[Si](C1CCCCC1)C1CCCCC1. The summed E-state index contributed by atoms with van der Waals surface area (Å²) < 4.78 is 0. The fraction of sp³-hybridized carbons (Fsp3) is 1.00. The van der Waals surface area contributed by atoms with E-state index in [1.807, 2.05) is 0 Å². The Hall–Kier alpha value is 1.09. The Labute approximate surface area is 103 Å². The Balaban J connectivity index is 1.85. The van der Waals surface area contributed by atoms with E-state index in [2.05, 4.69) is 0 Å². The van der Waals surface area contributed by atoms with Gasteiger partial charge in [-0.25, -0.2) is 0 Å². The van der Waals surface area contributed by atoms with Crippen LogP contribution in [0.15, 0.2) is 0 Å². The molecule has 0 aromatic rings. The molecule has 76 valence electrons. The second-order valence-corrected chi connectivity index (χ2v) is 13.9. The van der Waals surface area contributed by atoms with Gasteiger partial charge < -0.3 is 0 Å². The molecule has 2 aliphatic rings. The van der Waals surface area contributed by atoms with Gasteiger partial charge >= 0.3 is 104 Å². The fourth-order valence-electron chi connectivity index (χ4n) is 3.16. The predicted molar refractivity (Wildman–Crippen MR) is 59.4 cm³/mol. The van der Waals surface area contributed by atoms with E-state index < -0.39 is 0 Å². The summed E-state index contributed by atoms with van der Waals surface area (Å²) in [7, 11) is 0. The van der Waals surface area contributed by atoms with Crippen LogP contribution in [0.4, 0.5) is 0 Å². The molecule has 0 spiro atoms. The van der Waals surface area contributed by atoms with Gasteiger partial charge in [0, 0.05) is 0 Å². The zero-order chi connectivity index (χ0) is 9.80. The molecule has 0 atom stereocenters. The van der Waals surface area contributed by atoms with Gasteiger partial charge in [0.2, 0.25) is 0 Å². The maximum absolute atomic E-state index is 1.62. The second kappa shape index (κ2) is 5.98. The number of rotatable bonds is 2. The van der Waals surface area contributed by atoms with Crippen LogP contribution in [0.2, 0.25) is 11.1 Å². The molecule has 2 heteroatoms. The van der Waals surface area contributed by atoms with E-state index in [9.17, 15) is 0 Å². The molecule has 0 saturated heterocycles. The zero-order valence-corrected chi connectivity index (χ0v) is 13.8. The Kier molecular flexibility index (Phi) is 4.94. The molecule has 0 heterocycles. The van der Waals surface area contributed by atoms with Crippen LogP contribution in [0.25, 0.3) is 0 Å². The van der Waals surface area contributed by atoms with Crippen LogP contribution in [0.5, 0.6) is 0 Å². The van der Waals surface area contributed by atoms with Crippen molar-refractivity contribution in [3.05, 3.63) is 0 Å². The molecule has 2 aliphatic carbocycles. The summed E-state index contributed by atoms with van der Waals surface area (Å²) in [6.45, 7) is 0. The number of hydrogen-bond acceptors (Lipinski definition) is 0. The summed E-state index contributed by atoms with van der Waals surface area (Å²) in [5, 5.41) is 0. The third kappa shape index (κ3) is 3.04. The monoisotopic (exact) mass is 374 g/mol. The van der Waals surface area contributed by atoms with Gasteiger partial charge in [-0.2, -0.15) is 0 Å². The third-order valence-electron chi connectivity index (χ3n) is 4.09. The van der Waals surface area contributed by atoms with Gasteiger partial charge in [-0.1, -0.05) is 0 Å². The van der Waals surface area contributed by atoms with E-state index >= 15 is 0 Å². The van der Waals surface area contributed by atoms with Gasteiger partial charge in [0.15, 0.2) is 0 Å². The van der Waals surface area contributed by atoms with Crippen molar-refractivity contribution in [3.8, 4) is 0 Å². The molecule has 2 fully saturated rings. The van der Waals surface area contributed by atoms with Gasteiger partial charge in [0.05, 0.1) is 0 Å². The minimum absolute atomic E-state index is 0.148. The Bertz CT molecular complexity index is 170. The molecule has 0 radical (unpaired) electrons. The molecule has 0 aromatic heterocycles. The van der Waals surface area contributed by atoms with Crippen LogP contribution in [-0.2, 0) is 23.0 Å². The average Bonchev–Trinajstić information content (AvgIpc) is 2.30. The van der Waals surface area contributed by atoms with Crippen molar-refractivity contribution in [1.82, 2.24) is 0 Å². The molecule has 2 saturated carbocycles. The predicted octanol–water partition coefficient (Wildman–Crippen LogP) is 4.19. The van der Waals surface area contributed by atoms with Gasteiger partial charge in [-0.15, -0.1) is 0 Å². The van der Waals surface area contributed by atoms with Crippen LogP contribution in [0, 0.1) is 0 Å². The van der Waals surface area contributed by atoms with E-state index in [-0.39, 0.29) is 5.49 Å². The molecule has 0 bridgehead atoms. The normalized spacial score (nSPS) is 26.4. The third-order valence-corrected chi connectivity index (χ3v) is 15.8. The number of hydrogen-bond donors (Lipinski definition) is 0. The molecule has 14 heavy (non-hydrogen) atoms. The fourth-order valence-corrected chi connectivity index (χ4v) is 12.1. The zero-order valence-electron chi connectivity index (χ0n) is 9.23. The quantitative estimate of drug-likeness (QED) is 0.637. The van der Waals surface area contributed by atoms with Crippen molar-refractivity contribution < 1.29 is 23.0 Å². The van der Waals surface area contributed by atoms with Crippen molar-refractivity contribution in [3.63, 3.8) is 0 Å². The van der Waals surface area contributed by atoms with Crippen LogP contribution >= 0.6 is 0 Å². The Morgan fingerprint density at radius 1 is 0.643 bits per heavy atom. The summed E-state index contributed by atoms with van der Waals surface area (Å²) in [6, 6.07) is 0. The van der Waals surface area contributed by atoms with E-state index in [1.165, 1.54) is 23.9 Å². The molecule has 0 N–H and O–H groups in total. The Morgan fingerprint density at radius 2 is 1.00 bits per heavy atom. The molecule has 0 aliphatic heterocycles. The van der Waals surface area contributed by atoms with Gasteiger partial charge in [0.1, 0.15) is 0 Å². The molecular formula is C12H22HfSi+2. The summed E-state index contributed by atoms with van der Waals surface area (Å²) >= 11 is 1.57. The van der Waals surface area contributed by atoms with E-state index in [4.69, 9.17) is 0 Å². The van der Waals surface area contributed by atoms with Crippen LogP contribution < -0.4 is 0 Å². The van der Waals surface area contributed by atoms with Crippen molar-refractivity contribution in [2.45, 2.75) is 75.3 Å². The second-order valence-electron chi connectivity index (χ2n) is 5.13. The summed E-state index contributed by atoms with van der Waals surface area (Å²) in [4.78, 5) is 0. The molecule has 0 amide bonds. The molecular weight excluding hydrogens is 351 g/mol. The average molecular weight is 373 g/mol. The topological polar surface area (TPSA) is 0 Å². The van der Waals surface area contributed by atoms with Crippen molar-refractivity contribution in [1.29, 1.82) is 0 Å². The van der Waals surface area contributed by atoms with Crippen molar-refractivity contribution in [2.24, 2.45) is 0 Å². The van der Waals surface area contributed by atoms with E-state index in [0.29, 0.717) is 0 Å². The van der Waals surface area contributed by atoms with E-state index in [1.54, 1.807) is 74.4 Å². The van der Waals surface area contributed by atoms with E-state index in [0.717, 1.165) is 0 Å². The minimum atomic E-state index is 0.148. The molecule has 2 rings (SSSR count). The van der Waals surface area contributed by atoms with Crippen molar-refractivity contribution in [2.75, 3.05) is 0 Å². The van der Waals surface area contributed by atoms with Crippen LogP contribution in [0.1, 0.15) is 64.2 Å². The molecule has 0 aromatic carbocycles. The van der Waals surface area contributed by atoms with Crippen molar-refractivity contribution >= 4 is 5.49 Å². The standard InChI is InChI=1S/C12H22Si.Hf/c1-3-7-11(8-4-1)13-12-9-5-2-6-10-12;/h11-12H,1-10H2;/q;+2. The summed E-state index contributed by atoms with van der Waals surface area (Å²) in [5.74, 6) is 0. The van der Waals surface area contributed by atoms with Crippen LogP contribution in [0.3, 0.4) is 0 Å². The first kappa shape index (κ1) is 11.6. The van der Waals surface area contributed by atoms with Gasteiger partial charge in [-0.3, -0.25) is 0 Å².